The van der Waals surface area contributed by atoms with Crippen LogP contribution in [0.2, 0.25) is 0 Å². The molecule has 2 amide bonds. The summed E-state index contributed by atoms with van der Waals surface area (Å²) in [7, 11) is 0. The van der Waals surface area contributed by atoms with Gasteiger partial charge in [0.25, 0.3) is 0 Å². The monoisotopic (exact) mass is 275 g/mol. The molecule has 5 heteroatoms. The van der Waals surface area contributed by atoms with Gasteiger partial charge in [0.2, 0.25) is 11.8 Å². The number of aromatic nitrogens is 1. The van der Waals surface area contributed by atoms with Crippen molar-refractivity contribution in [1.29, 1.82) is 0 Å². The number of rotatable bonds is 6. The zero-order chi connectivity index (χ0) is 14.6. The highest BCUT2D eigenvalue weighted by atomic mass is 16.2. The number of amides is 2. The van der Waals surface area contributed by atoms with Gasteiger partial charge in [-0.2, -0.15) is 0 Å². The Bertz CT molecular complexity index is 483. The van der Waals surface area contributed by atoms with Crippen molar-refractivity contribution in [1.82, 2.24) is 15.6 Å². The Kier molecular flexibility index (Phi) is 4.37. The molecule has 2 rings (SSSR count). The lowest BCUT2D eigenvalue weighted by Gasteiger charge is -2.18. The van der Waals surface area contributed by atoms with E-state index < -0.39 is 5.41 Å². The smallest absolute Gasteiger partial charge is 0.236 e. The van der Waals surface area contributed by atoms with Crippen LogP contribution >= 0.6 is 0 Å². The molecule has 1 fully saturated rings. The molecule has 0 aromatic carbocycles. The fourth-order valence-electron chi connectivity index (χ4n) is 1.99. The van der Waals surface area contributed by atoms with Crippen molar-refractivity contribution in [3.05, 3.63) is 30.1 Å². The van der Waals surface area contributed by atoms with Gasteiger partial charge in [-0.15, -0.1) is 0 Å². The summed E-state index contributed by atoms with van der Waals surface area (Å²) in [6, 6.07) is 5.65. The maximum Gasteiger partial charge on any atom is 0.236 e. The van der Waals surface area contributed by atoms with Gasteiger partial charge in [-0.3, -0.25) is 14.6 Å². The van der Waals surface area contributed by atoms with Crippen LogP contribution in [-0.2, 0) is 16.1 Å². The summed E-state index contributed by atoms with van der Waals surface area (Å²) < 4.78 is 0. The largest absolute Gasteiger partial charge is 0.353 e. The highest BCUT2D eigenvalue weighted by Crippen LogP contribution is 2.46. The van der Waals surface area contributed by atoms with Crippen LogP contribution in [0, 0.1) is 5.41 Å². The summed E-state index contributed by atoms with van der Waals surface area (Å²) in [6.45, 7) is 4.31. The minimum absolute atomic E-state index is 0.101. The minimum atomic E-state index is -0.849. The maximum atomic E-state index is 12.2. The van der Waals surface area contributed by atoms with E-state index in [4.69, 9.17) is 0 Å². The van der Waals surface area contributed by atoms with Crippen molar-refractivity contribution in [3.63, 3.8) is 0 Å². The van der Waals surface area contributed by atoms with Crippen molar-refractivity contribution >= 4 is 11.8 Å². The molecule has 0 aliphatic heterocycles. The van der Waals surface area contributed by atoms with E-state index in [2.05, 4.69) is 15.6 Å². The molecule has 1 atom stereocenters. The Morgan fingerprint density at radius 2 is 2.10 bits per heavy atom. The zero-order valence-corrected chi connectivity index (χ0v) is 12.0. The van der Waals surface area contributed by atoms with Crippen LogP contribution in [0.1, 0.15) is 38.8 Å². The van der Waals surface area contributed by atoms with Crippen molar-refractivity contribution in [2.75, 3.05) is 0 Å². The van der Waals surface area contributed by atoms with Crippen molar-refractivity contribution in [3.8, 4) is 0 Å². The molecule has 1 unspecified atom stereocenters. The average molecular weight is 275 g/mol. The predicted molar refractivity (Wildman–Crippen MR) is 75.6 cm³/mol. The van der Waals surface area contributed by atoms with Crippen LogP contribution in [0.3, 0.4) is 0 Å². The molecule has 1 aromatic rings. The molecule has 0 saturated heterocycles. The Balaban J connectivity index is 1.90. The Morgan fingerprint density at radius 1 is 1.35 bits per heavy atom. The van der Waals surface area contributed by atoms with E-state index in [1.165, 1.54) is 0 Å². The Labute approximate surface area is 119 Å². The SMILES string of the molecule is CCC(C)NC(=O)C1(C(=O)NCc2ccccn2)CC1. The molecule has 0 bridgehead atoms. The van der Waals surface area contributed by atoms with Gasteiger partial charge in [0.15, 0.2) is 0 Å². The van der Waals surface area contributed by atoms with E-state index in [9.17, 15) is 9.59 Å². The van der Waals surface area contributed by atoms with Crippen molar-refractivity contribution in [2.45, 2.75) is 45.7 Å². The molecule has 2 N–H and O–H groups in total. The fourth-order valence-corrected chi connectivity index (χ4v) is 1.99. The van der Waals surface area contributed by atoms with Gasteiger partial charge in [0, 0.05) is 12.2 Å². The second-order valence-corrected chi connectivity index (χ2v) is 5.37. The standard InChI is InChI=1S/C15H21N3O2/c1-3-11(2)18-14(20)15(7-8-15)13(19)17-10-12-6-4-5-9-16-12/h4-6,9,11H,3,7-8,10H2,1-2H3,(H,17,19)(H,18,20). The number of hydrogen-bond donors (Lipinski definition) is 2. The summed E-state index contributed by atoms with van der Waals surface area (Å²) in [5.41, 5.74) is -0.0583. The lowest BCUT2D eigenvalue weighted by molar-refractivity contribution is -0.137. The number of nitrogens with one attached hydrogen (secondary N) is 2. The van der Waals surface area contributed by atoms with E-state index in [1.807, 2.05) is 32.0 Å². The first-order chi connectivity index (χ1) is 9.58. The normalized spacial score (nSPS) is 17.1. The molecule has 1 saturated carbocycles. The van der Waals surface area contributed by atoms with E-state index >= 15 is 0 Å². The second-order valence-electron chi connectivity index (χ2n) is 5.37. The quantitative estimate of drug-likeness (QED) is 0.771. The average Bonchev–Trinajstić information content (AvgIpc) is 3.27. The number of carbonyl (C=O) groups excluding carboxylic acids is 2. The molecule has 20 heavy (non-hydrogen) atoms. The third kappa shape index (κ3) is 3.15. The molecule has 0 radical (unpaired) electrons. The van der Waals surface area contributed by atoms with E-state index in [-0.39, 0.29) is 17.9 Å². The first kappa shape index (κ1) is 14.5. The molecule has 1 aromatic heterocycles. The summed E-state index contributed by atoms with van der Waals surface area (Å²) in [5, 5.41) is 5.71. The van der Waals surface area contributed by atoms with Gasteiger partial charge in [0.05, 0.1) is 12.2 Å². The van der Waals surface area contributed by atoms with Gasteiger partial charge in [0.1, 0.15) is 5.41 Å². The highest BCUT2D eigenvalue weighted by Gasteiger charge is 2.56. The second kappa shape index (κ2) is 6.03. The molecular weight excluding hydrogens is 254 g/mol. The molecule has 1 aliphatic carbocycles. The number of carbonyl (C=O) groups is 2. The van der Waals surface area contributed by atoms with Crippen LogP contribution in [0.5, 0.6) is 0 Å². The summed E-state index contributed by atoms with van der Waals surface area (Å²) in [5.74, 6) is -0.339. The predicted octanol–water partition coefficient (Wildman–Crippen LogP) is 1.39. The zero-order valence-electron chi connectivity index (χ0n) is 12.0. The van der Waals surface area contributed by atoms with Gasteiger partial charge in [-0.25, -0.2) is 0 Å². The number of pyridine rings is 1. The van der Waals surface area contributed by atoms with E-state index in [1.54, 1.807) is 6.20 Å². The summed E-state index contributed by atoms with van der Waals surface area (Å²) in [4.78, 5) is 28.5. The van der Waals surface area contributed by atoms with Gasteiger partial charge in [-0.05, 0) is 38.3 Å². The summed E-state index contributed by atoms with van der Waals surface area (Å²) >= 11 is 0. The maximum absolute atomic E-state index is 12.2. The van der Waals surface area contributed by atoms with Crippen LogP contribution in [0.15, 0.2) is 24.4 Å². The molecule has 108 valence electrons. The fraction of sp³-hybridized carbons (Fsp3) is 0.533. The number of hydrogen-bond acceptors (Lipinski definition) is 3. The van der Waals surface area contributed by atoms with Gasteiger partial charge >= 0.3 is 0 Å². The van der Waals surface area contributed by atoms with Crippen LogP contribution in [0.25, 0.3) is 0 Å². The van der Waals surface area contributed by atoms with Crippen molar-refractivity contribution in [2.24, 2.45) is 5.41 Å². The van der Waals surface area contributed by atoms with Crippen LogP contribution < -0.4 is 10.6 Å². The van der Waals surface area contributed by atoms with Crippen LogP contribution in [0.4, 0.5) is 0 Å². The van der Waals surface area contributed by atoms with Gasteiger partial charge < -0.3 is 10.6 Å². The molecule has 1 aliphatic rings. The topological polar surface area (TPSA) is 71.1 Å². The lowest BCUT2D eigenvalue weighted by Crippen LogP contribution is -2.45. The first-order valence-corrected chi connectivity index (χ1v) is 7.07. The molecular formula is C15H21N3O2. The van der Waals surface area contributed by atoms with Crippen molar-refractivity contribution < 1.29 is 9.59 Å². The minimum Gasteiger partial charge on any atom is -0.353 e. The third-order valence-corrected chi connectivity index (χ3v) is 3.77. The lowest BCUT2D eigenvalue weighted by atomic mass is 10.0. The Morgan fingerprint density at radius 3 is 2.65 bits per heavy atom. The highest BCUT2D eigenvalue weighted by molar-refractivity contribution is 6.07. The summed E-state index contributed by atoms with van der Waals surface area (Å²) in [6.07, 6.45) is 3.80. The third-order valence-electron chi connectivity index (χ3n) is 3.77. The van der Waals surface area contributed by atoms with E-state index in [0.29, 0.717) is 19.4 Å². The number of nitrogens with zero attached hydrogens (tertiary/aromatic N) is 1. The Hall–Kier alpha value is -1.91. The molecule has 5 nitrogen and oxygen atoms in total. The first-order valence-electron chi connectivity index (χ1n) is 7.07. The molecule has 0 spiro atoms. The van der Waals surface area contributed by atoms with Crippen LogP contribution in [-0.4, -0.2) is 22.8 Å². The molecule has 1 heterocycles. The van der Waals surface area contributed by atoms with Gasteiger partial charge in [-0.1, -0.05) is 13.0 Å². The van der Waals surface area contributed by atoms with E-state index in [0.717, 1.165) is 12.1 Å².